The van der Waals surface area contributed by atoms with E-state index in [4.69, 9.17) is 9.47 Å². The van der Waals surface area contributed by atoms with E-state index in [0.29, 0.717) is 44.3 Å². The van der Waals surface area contributed by atoms with E-state index < -0.39 is 16.1 Å². The Morgan fingerprint density at radius 1 is 1.06 bits per heavy atom. The number of nitrogens with zero attached hydrogens (tertiary/aromatic N) is 2. The second kappa shape index (κ2) is 10.6. The molecule has 0 saturated carbocycles. The molecule has 2 fully saturated rings. The van der Waals surface area contributed by atoms with Crippen LogP contribution in [0, 0.1) is 0 Å². The van der Waals surface area contributed by atoms with E-state index >= 15 is 0 Å². The highest BCUT2D eigenvalue weighted by atomic mass is 32.2. The third-order valence-corrected chi connectivity index (χ3v) is 7.88. The average molecular weight is 474 g/mol. The zero-order valence-electron chi connectivity index (χ0n) is 18.9. The van der Waals surface area contributed by atoms with Gasteiger partial charge >= 0.3 is 0 Å². The zero-order valence-corrected chi connectivity index (χ0v) is 19.7. The number of hydrogen-bond donors (Lipinski definition) is 1. The normalized spacial score (nSPS) is 18.7. The second-order valence-corrected chi connectivity index (χ2v) is 10.1. The second-order valence-electron chi connectivity index (χ2n) is 8.15. The van der Waals surface area contributed by atoms with Crippen LogP contribution in [0.15, 0.2) is 53.4 Å². The van der Waals surface area contributed by atoms with Crippen molar-refractivity contribution in [3.63, 3.8) is 0 Å². The summed E-state index contributed by atoms with van der Waals surface area (Å²) in [5, 5.41) is 2.97. The molecule has 1 atom stereocenters. The summed E-state index contributed by atoms with van der Waals surface area (Å²) in [6.45, 7) is 5.29. The van der Waals surface area contributed by atoms with Crippen molar-refractivity contribution in [2.24, 2.45) is 0 Å². The van der Waals surface area contributed by atoms with Crippen LogP contribution in [0.5, 0.6) is 5.75 Å². The molecule has 0 spiro atoms. The van der Waals surface area contributed by atoms with E-state index in [9.17, 15) is 13.2 Å². The summed E-state index contributed by atoms with van der Waals surface area (Å²) in [6.07, 6.45) is 2.10. The number of ether oxygens (including phenoxy) is 2. The van der Waals surface area contributed by atoms with Crippen LogP contribution in [0.25, 0.3) is 0 Å². The number of rotatable bonds is 8. The van der Waals surface area contributed by atoms with E-state index in [0.717, 1.165) is 31.5 Å². The topological polar surface area (TPSA) is 88.2 Å². The van der Waals surface area contributed by atoms with Crippen LogP contribution in [0.4, 0.5) is 5.69 Å². The lowest BCUT2D eigenvalue weighted by Crippen LogP contribution is -2.40. The smallest absolute Gasteiger partial charge is 0.246 e. The highest BCUT2D eigenvalue weighted by Crippen LogP contribution is 2.32. The molecular weight excluding hydrogens is 442 g/mol. The maximum atomic E-state index is 13.5. The van der Waals surface area contributed by atoms with Gasteiger partial charge in [-0.05, 0) is 56.6 Å². The summed E-state index contributed by atoms with van der Waals surface area (Å²) >= 11 is 0. The molecular formula is C24H31N3O5S. The Kier molecular flexibility index (Phi) is 7.64. The number of amides is 1. The molecule has 0 radical (unpaired) electrons. The van der Waals surface area contributed by atoms with Gasteiger partial charge < -0.3 is 14.8 Å². The molecule has 0 aliphatic carbocycles. The van der Waals surface area contributed by atoms with Gasteiger partial charge in [0.05, 0.1) is 30.4 Å². The number of carbonyl (C=O) groups is 1. The molecule has 1 amide bonds. The van der Waals surface area contributed by atoms with Gasteiger partial charge in [0.25, 0.3) is 0 Å². The molecule has 0 bridgehead atoms. The predicted octanol–water partition coefficient (Wildman–Crippen LogP) is 2.88. The van der Waals surface area contributed by atoms with Crippen LogP contribution >= 0.6 is 0 Å². The fraction of sp³-hybridized carbons (Fsp3) is 0.458. The van der Waals surface area contributed by atoms with Crippen molar-refractivity contribution in [3.05, 3.63) is 54.1 Å². The minimum atomic E-state index is -3.70. The Balaban J connectivity index is 1.64. The first-order valence-corrected chi connectivity index (χ1v) is 12.9. The van der Waals surface area contributed by atoms with E-state index in [1.807, 2.05) is 37.3 Å². The summed E-state index contributed by atoms with van der Waals surface area (Å²) < 4.78 is 38.7. The molecule has 178 valence electrons. The van der Waals surface area contributed by atoms with Crippen molar-refractivity contribution < 1.29 is 22.7 Å². The molecule has 33 heavy (non-hydrogen) atoms. The summed E-state index contributed by atoms with van der Waals surface area (Å²) in [6, 6.07) is 13.9. The molecule has 4 rings (SSSR count). The van der Waals surface area contributed by atoms with Crippen LogP contribution in [0.2, 0.25) is 0 Å². The number of benzene rings is 2. The van der Waals surface area contributed by atoms with E-state index in [2.05, 4.69) is 10.2 Å². The number of likely N-dealkylation sites (tertiary alicyclic amines) is 1. The quantitative estimate of drug-likeness (QED) is 0.634. The highest BCUT2D eigenvalue weighted by molar-refractivity contribution is 7.89. The van der Waals surface area contributed by atoms with Gasteiger partial charge in [-0.25, -0.2) is 8.42 Å². The van der Waals surface area contributed by atoms with Crippen molar-refractivity contribution in [2.45, 2.75) is 30.7 Å². The third kappa shape index (κ3) is 5.38. The number of hydrogen-bond acceptors (Lipinski definition) is 6. The van der Waals surface area contributed by atoms with E-state index in [1.54, 1.807) is 6.07 Å². The largest absolute Gasteiger partial charge is 0.492 e. The summed E-state index contributed by atoms with van der Waals surface area (Å²) in [5.74, 6) is 0.241. The van der Waals surface area contributed by atoms with E-state index in [-0.39, 0.29) is 10.8 Å². The number of nitrogens with one attached hydrogen (secondary N) is 1. The SMILES string of the molecule is CCOc1ccc(S(=O)(=O)N2CCOCC2)cc1NC(=O)C(c1ccccc1)N1CCCC1. The van der Waals surface area contributed by atoms with Gasteiger partial charge in [0.15, 0.2) is 0 Å². The molecule has 2 aliphatic rings. The van der Waals surface area contributed by atoms with Crippen LogP contribution in [0.1, 0.15) is 31.4 Å². The van der Waals surface area contributed by atoms with Gasteiger partial charge in [-0.1, -0.05) is 30.3 Å². The van der Waals surface area contributed by atoms with Crippen LogP contribution in [0.3, 0.4) is 0 Å². The lowest BCUT2D eigenvalue weighted by Gasteiger charge is -2.28. The van der Waals surface area contributed by atoms with Gasteiger partial charge in [0, 0.05) is 13.1 Å². The lowest BCUT2D eigenvalue weighted by molar-refractivity contribution is -0.121. The Labute approximate surface area is 195 Å². The third-order valence-electron chi connectivity index (χ3n) is 5.99. The molecule has 9 heteroatoms. The molecule has 1 unspecified atom stereocenters. The zero-order chi connectivity index (χ0) is 23.3. The van der Waals surface area contributed by atoms with Crippen molar-refractivity contribution in [1.82, 2.24) is 9.21 Å². The van der Waals surface area contributed by atoms with E-state index in [1.165, 1.54) is 16.4 Å². The minimum Gasteiger partial charge on any atom is -0.492 e. The standard InChI is InChI=1S/C24H31N3O5S/c1-2-32-22-11-10-20(33(29,30)27-14-16-31-17-15-27)18-21(22)25-24(28)23(26-12-6-7-13-26)19-8-4-3-5-9-19/h3-5,8-11,18,23H,2,6-7,12-17H2,1H3,(H,25,28). The summed E-state index contributed by atoms with van der Waals surface area (Å²) in [4.78, 5) is 15.8. The first-order valence-electron chi connectivity index (χ1n) is 11.5. The number of morpholine rings is 1. The number of anilines is 1. The molecule has 2 aromatic carbocycles. The lowest BCUT2D eigenvalue weighted by atomic mass is 10.0. The van der Waals surface area contributed by atoms with Gasteiger partial charge in [-0.2, -0.15) is 4.31 Å². The molecule has 1 N–H and O–H groups in total. The number of sulfonamides is 1. The van der Waals surface area contributed by atoms with Crippen molar-refractivity contribution >= 4 is 21.6 Å². The number of carbonyl (C=O) groups excluding carboxylic acids is 1. The van der Waals surface area contributed by atoms with Gasteiger partial charge in [-0.3, -0.25) is 9.69 Å². The minimum absolute atomic E-state index is 0.126. The molecule has 2 heterocycles. The van der Waals surface area contributed by atoms with Crippen LogP contribution in [-0.2, 0) is 19.6 Å². The average Bonchev–Trinajstić information content (AvgIpc) is 3.36. The Hall–Kier alpha value is -2.46. The highest BCUT2D eigenvalue weighted by Gasteiger charge is 2.31. The maximum Gasteiger partial charge on any atom is 0.246 e. The Bertz CT molecular complexity index is 1050. The van der Waals surface area contributed by atoms with Crippen molar-refractivity contribution in [2.75, 3.05) is 51.3 Å². The fourth-order valence-corrected chi connectivity index (χ4v) is 5.78. The van der Waals surface area contributed by atoms with Gasteiger partial charge in [0.2, 0.25) is 15.9 Å². The molecule has 2 saturated heterocycles. The Morgan fingerprint density at radius 2 is 1.76 bits per heavy atom. The monoisotopic (exact) mass is 473 g/mol. The van der Waals surface area contributed by atoms with Crippen molar-refractivity contribution in [3.8, 4) is 5.75 Å². The first kappa shape index (κ1) is 23.7. The Morgan fingerprint density at radius 3 is 2.42 bits per heavy atom. The molecule has 0 aromatic heterocycles. The van der Waals surface area contributed by atoms with Gasteiger partial charge in [-0.15, -0.1) is 0 Å². The summed E-state index contributed by atoms with van der Waals surface area (Å²) in [5.41, 5.74) is 1.27. The first-order chi connectivity index (χ1) is 16.0. The van der Waals surface area contributed by atoms with Crippen LogP contribution < -0.4 is 10.1 Å². The summed E-state index contributed by atoms with van der Waals surface area (Å²) in [7, 11) is -3.70. The maximum absolute atomic E-state index is 13.5. The molecule has 8 nitrogen and oxygen atoms in total. The fourth-order valence-electron chi connectivity index (χ4n) is 4.35. The van der Waals surface area contributed by atoms with Gasteiger partial charge in [0.1, 0.15) is 11.8 Å². The molecule has 2 aromatic rings. The molecule has 2 aliphatic heterocycles. The van der Waals surface area contributed by atoms with Crippen LogP contribution in [-0.4, -0.2) is 69.5 Å². The van der Waals surface area contributed by atoms with Crippen molar-refractivity contribution in [1.29, 1.82) is 0 Å². The predicted molar refractivity (Wildman–Crippen MR) is 126 cm³/mol.